The number of aromatic nitrogens is 2. The predicted molar refractivity (Wildman–Crippen MR) is 109 cm³/mol. The number of para-hydroxylation sites is 1. The van der Waals surface area contributed by atoms with Gasteiger partial charge in [0.2, 0.25) is 0 Å². The second kappa shape index (κ2) is 7.87. The second-order valence-corrected chi connectivity index (χ2v) is 7.17. The number of unbranched alkanes of at least 4 members (excludes halogenated alkanes) is 3. The van der Waals surface area contributed by atoms with Gasteiger partial charge in [0.05, 0.1) is 12.3 Å². The summed E-state index contributed by atoms with van der Waals surface area (Å²) < 4.78 is 13.9. The van der Waals surface area contributed by atoms with Crippen LogP contribution in [0.3, 0.4) is 0 Å². The van der Waals surface area contributed by atoms with E-state index >= 15 is 0 Å². The molecule has 0 unspecified atom stereocenters. The van der Waals surface area contributed by atoms with E-state index in [1.807, 2.05) is 37.3 Å². The fourth-order valence-corrected chi connectivity index (χ4v) is 3.60. The quantitative estimate of drug-likeness (QED) is 0.359. The highest BCUT2D eigenvalue weighted by Crippen LogP contribution is 2.31. The number of hydrogen-bond acceptors (Lipinski definition) is 3. The Bertz CT molecular complexity index is 1050. The summed E-state index contributed by atoms with van der Waals surface area (Å²) in [6, 6.07) is 16.4. The summed E-state index contributed by atoms with van der Waals surface area (Å²) in [5.74, 6) is 0.879. The lowest BCUT2D eigenvalue weighted by Crippen LogP contribution is -2.03. The third kappa shape index (κ3) is 4.00. The van der Waals surface area contributed by atoms with Crippen LogP contribution in [0.4, 0.5) is 0 Å². The molecule has 2 heterocycles. The molecule has 0 atom stereocenters. The number of fused-ring (bicyclic) bond motifs is 3. The van der Waals surface area contributed by atoms with Crippen molar-refractivity contribution in [3.05, 3.63) is 59.9 Å². The number of aryl methyl sites for hydroxylation is 3. The number of furan rings is 1. The van der Waals surface area contributed by atoms with Gasteiger partial charge in [0, 0.05) is 29.1 Å². The fraction of sp³-hybridized carbons (Fsp3) is 0.348. The van der Waals surface area contributed by atoms with Gasteiger partial charge in [-0.2, -0.15) is 5.10 Å². The Morgan fingerprint density at radius 1 is 0.889 bits per heavy atom. The van der Waals surface area contributed by atoms with Crippen LogP contribution in [0.5, 0.6) is 5.75 Å². The minimum Gasteiger partial charge on any atom is -0.493 e. The molecule has 4 heteroatoms. The Balaban J connectivity index is 1.22. The summed E-state index contributed by atoms with van der Waals surface area (Å²) in [6.45, 7) is 5.91. The molecule has 0 radical (unpaired) electrons. The van der Waals surface area contributed by atoms with Crippen molar-refractivity contribution >= 4 is 21.9 Å². The molecule has 2 aromatic heterocycles. The molecule has 0 aliphatic heterocycles. The highest BCUT2D eigenvalue weighted by molar-refractivity contribution is 6.05. The molecule has 0 aliphatic rings. The molecule has 0 aliphatic carbocycles. The summed E-state index contributed by atoms with van der Waals surface area (Å²) >= 11 is 0. The number of rotatable bonds is 8. The highest BCUT2D eigenvalue weighted by Gasteiger charge is 2.07. The van der Waals surface area contributed by atoms with Gasteiger partial charge < -0.3 is 9.15 Å². The van der Waals surface area contributed by atoms with E-state index in [0.717, 1.165) is 59.4 Å². The molecule has 0 spiro atoms. The number of ether oxygens (including phenoxy) is 1. The van der Waals surface area contributed by atoms with Crippen molar-refractivity contribution in [3.63, 3.8) is 0 Å². The third-order valence-corrected chi connectivity index (χ3v) is 4.99. The smallest absolute Gasteiger partial charge is 0.139 e. The Morgan fingerprint density at radius 2 is 1.70 bits per heavy atom. The first-order chi connectivity index (χ1) is 13.2. The molecule has 0 amide bonds. The van der Waals surface area contributed by atoms with Gasteiger partial charge >= 0.3 is 0 Å². The van der Waals surface area contributed by atoms with Crippen LogP contribution in [-0.2, 0) is 6.54 Å². The van der Waals surface area contributed by atoms with Gasteiger partial charge in [-0.15, -0.1) is 0 Å². The highest BCUT2D eigenvalue weighted by atomic mass is 16.5. The molecule has 4 aromatic rings. The van der Waals surface area contributed by atoms with Crippen LogP contribution >= 0.6 is 0 Å². The summed E-state index contributed by atoms with van der Waals surface area (Å²) in [5.41, 5.74) is 4.16. The molecular formula is C23H26N2O2. The maximum atomic E-state index is 5.92. The van der Waals surface area contributed by atoms with Crippen molar-refractivity contribution in [3.8, 4) is 5.75 Å². The van der Waals surface area contributed by atoms with Crippen molar-refractivity contribution in [1.82, 2.24) is 9.78 Å². The Labute approximate surface area is 159 Å². The lowest BCUT2D eigenvalue weighted by molar-refractivity contribution is 0.304. The standard InChI is InChI=1S/C23H26N2O2/c1-17-15-18(2)25(24-17)13-7-3-4-8-14-26-19-11-12-21-20-9-5-6-10-22(20)27-23(21)16-19/h5-6,9-12,15-16H,3-4,7-8,13-14H2,1-2H3. The van der Waals surface area contributed by atoms with Crippen LogP contribution in [0, 0.1) is 13.8 Å². The van der Waals surface area contributed by atoms with Gasteiger partial charge in [-0.05, 0) is 57.4 Å². The van der Waals surface area contributed by atoms with E-state index in [1.165, 1.54) is 18.5 Å². The first-order valence-electron chi connectivity index (χ1n) is 9.76. The SMILES string of the molecule is Cc1cc(C)n(CCCCCCOc2ccc3c(c2)oc2ccccc23)n1. The molecule has 4 nitrogen and oxygen atoms in total. The van der Waals surface area contributed by atoms with Gasteiger partial charge in [-0.25, -0.2) is 0 Å². The average molecular weight is 362 g/mol. The summed E-state index contributed by atoms with van der Waals surface area (Å²) in [5, 5.41) is 6.80. The molecule has 0 bridgehead atoms. The Kier molecular flexibility index (Phi) is 5.14. The lowest BCUT2D eigenvalue weighted by Gasteiger charge is -2.07. The van der Waals surface area contributed by atoms with Crippen molar-refractivity contribution in [2.75, 3.05) is 6.61 Å². The first-order valence-corrected chi connectivity index (χ1v) is 9.76. The normalized spacial score (nSPS) is 11.5. The van der Waals surface area contributed by atoms with Gasteiger partial charge in [0.15, 0.2) is 0 Å². The second-order valence-electron chi connectivity index (χ2n) is 7.17. The largest absolute Gasteiger partial charge is 0.493 e. The Morgan fingerprint density at radius 3 is 2.56 bits per heavy atom. The van der Waals surface area contributed by atoms with Crippen LogP contribution in [0.1, 0.15) is 37.1 Å². The van der Waals surface area contributed by atoms with Gasteiger partial charge in [0.25, 0.3) is 0 Å². The van der Waals surface area contributed by atoms with E-state index in [1.54, 1.807) is 0 Å². The topological polar surface area (TPSA) is 40.2 Å². The van der Waals surface area contributed by atoms with Crippen LogP contribution in [0.2, 0.25) is 0 Å². The van der Waals surface area contributed by atoms with E-state index < -0.39 is 0 Å². The molecule has 0 N–H and O–H groups in total. The van der Waals surface area contributed by atoms with Crippen molar-refractivity contribution in [1.29, 1.82) is 0 Å². The van der Waals surface area contributed by atoms with E-state index in [-0.39, 0.29) is 0 Å². The van der Waals surface area contributed by atoms with Crippen LogP contribution < -0.4 is 4.74 Å². The van der Waals surface area contributed by atoms with E-state index in [9.17, 15) is 0 Å². The number of nitrogens with zero attached hydrogens (tertiary/aromatic N) is 2. The molecule has 0 fully saturated rings. The monoisotopic (exact) mass is 362 g/mol. The van der Waals surface area contributed by atoms with Crippen LogP contribution in [0.15, 0.2) is 52.9 Å². The van der Waals surface area contributed by atoms with Crippen molar-refractivity contribution in [2.24, 2.45) is 0 Å². The van der Waals surface area contributed by atoms with Crippen molar-refractivity contribution < 1.29 is 9.15 Å². The minimum atomic E-state index is 0.742. The van der Waals surface area contributed by atoms with Gasteiger partial charge in [-0.3, -0.25) is 4.68 Å². The maximum Gasteiger partial charge on any atom is 0.139 e. The maximum absolute atomic E-state index is 5.92. The van der Waals surface area contributed by atoms with Crippen LogP contribution in [-0.4, -0.2) is 16.4 Å². The summed E-state index contributed by atoms with van der Waals surface area (Å²) in [7, 11) is 0. The first kappa shape index (κ1) is 17.7. The van der Waals surface area contributed by atoms with E-state index in [0.29, 0.717) is 0 Å². The van der Waals surface area contributed by atoms with Gasteiger partial charge in [-0.1, -0.05) is 24.6 Å². The predicted octanol–water partition coefficient (Wildman–Crippen LogP) is 6.04. The molecule has 0 saturated heterocycles. The van der Waals surface area contributed by atoms with Gasteiger partial charge in [0.1, 0.15) is 16.9 Å². The summed E-state index contributed by atoms with van der Waals surface area (Å²) in [4.78, 5) is 0. The van der Waals surface area contributed by atoms with E-state index in [2.05, 4.69) is 34.9 Å². The third-order valence-electron chi connectivity index (χ3n) is 4.99. The summed E-state index contributed by atoms with van der Waals surface area (Å²) in [6.07, 6.45) is 4.60. The molecule has 27 heavy (non-hydrogen) atoms. The van der Waals surface area contributed by atoms with Crippen molar-refractivity contribution in [2.45, 2.75) is 46.1 Å². The molecule has 0 saturated carbocycles. The number of hydrogen-bond donors (Lipinski definition) is 0. The number of benzene rings is 2. The minimum absolute atomic E-state index is 0.742. The zero-order valence-corrected chi connectivity index (χ0v) is 16.1. The molecule has 2 aromatic carbocycles. The molecular weight excluding hydrogens is 336 g/mol. The van der Waals surface area contributed by atoms with Crippen LogP contribution in [0.25, 0.3) is 21.9 Å². The zero-order valence-electron chi connectivity index (χ0n) is 16.1. The van der Waals surface area contributed by atoms with E-state index in [4.69, 9.17) is 9.15 Å². The zero-order chi connectivity index (χ0) is 18.6. The fourth-order valence-electron chi connectivity index (χ4n) is 3.60. The molecule has 140 valence electrons. The lowest BCUT2D eigenvalue weighted by atomic mass is 10.1. The Hall–Kier alpha value is -2.75. The molecule has 4 rings (SSSR count). The average Bonchev–Trinajstić information content (AvgIpc) is 3.19.